The van der Waals surface area contributed by atoms with Crippen LogP contribution in [0.1, 0.15) is 11.1 Å². The molecular formula is C9H8NO3. The van der Waals surface area contributed by atoms with Crippen LogP contribution in [0.4, 0.5) is 5.69 Å². The van der Waals surface area contributed by atoms with E-state index < -0.39 is 4.92 Å². The number of hydrogen-bond acceptors (Lipinski definition) is 3. The molecule has 0 N–H and O–H groups in total. The lowest BCUT2D eigenvalue weighted by molar-refractivity contribution is -0.385. The maximum atomic E-state index is 10.5. The van der Waals surface area contributed by atoms with E-state index in [4.69, 9.17) is 0 Å². The van der Waals surface area contributed by atoms with Gasteiger partial charge in [-0.25, -0.2) is 0 Å². The Morgan fingerprint density at radius 3 is 2.77 bits per heavy atom. The van der Waals surface area contributed by atoms with Gasteiger partial charge in [-0.3, -0.25) is 14.9 Å². The maximum Gasteiger partial charge on any atom is 0.273 e. The Labute approximate surface area is 75.3 Å². The second-order valence-electron chi connectivity index (χ2n) is 2.65. The first-order valence-corrected chi connectivity index (χ1v) is 3.74. The third-order valence-corrected chi connectivity index (χ3v) is 1.83. The molecular weight excluding hydrogens is 170 g/mol. The van der Waals surface area contributed by atoms with Gasteiger partial charge in [0.05, 0.1) is 4.92 Å². The van der Waals surface area contributed by atoms with E-state index in [0.717, 1.165) is 5.56 Å². The van der Waals surface area contributed by atoms with E-state index in [9.17, 15) is 14.9 Å². The first-order valence-electron chi connectivity index (χ1n) is 3.74. The molecule has 1 aromatic carbocycles. The van der Waals surface area contributed by atoms with Crippen molar-refractivity contribution in [3.8, 4) is 0 Å². The summed E-state index contributed by atoms with van der Waals surface area (Å²) in [4.78, 5) is 20.2. The molecule has 0 saturated heterocycles. The maximum absolute atomic E-state index is 10.5. The molecule has 0 fully saturated rings. The smallest absolute Gasteiger partial charge is 0.273 e. The molecule has 0 bridgehead atoms. The van der Waals surface area contributed by atoms with Gasteiger partial charge in [-0.1, -0.05) is 12.1 Å². The summed E-state index contributed by atoms with van der Waals surface area (Å²) in [6, 6.07) is 4.72. The van der Waals surface area contributed by atoms with Crippen molar-refractivity contribution in [3.05, 3.63) is 39.4 Å². The van der Waals surface area contributed by atoms with Crippen molar-refractivity contribution in [1.29, 1.82) is 0 Å². The number of hydrogen-bond donors (Lipinski definition) is 0. The first kappa shape index (κ1) is 9.38. The number of carbonyl (C=O) groups excluding carboxylic acids is 1. The lowest BCUT2D eigenvalue weighted by atomic mass is 10.0. The fourth-order valence-corrected chi connectivity index (χ4v) is 1.16. The van der Waals surface area contributed by atoms with E-state index >= 15 is 0 Å². The van der Waals surface area contributed by atoms with E-state index in [2.05, 4.69) is 0 Å². The topological polar surface area (TPSA) is 60.2 Å². The second-order valence-corrected chi connectivity index (χ2v) is 2.65. The monoisotopic (exact) mass is 178 g/mol. The van der Waals surface area contributed by atoms with Gasteiger partial charge in [0.1, 0.15) is 0 Å². The number of rotatable bonds is 3. The van der Waals surface area contributed by atoms with Crippen LogP contribution in [0.25, 0.3) is 0 Å². The van der Waals surface area contributed by atoms with E-state index in [0.29, 0.717) is 5.56 Å². The minimum atomic E-state index is -0.486. The number of benzene rings is 1. The molecule has 0 spiro atoms. The molecule has 0 saturated carbocycles. The summed E-state index contributed by atoms with van der Waals surface area (Å²) >= 11 is 0. The van der Waals surface area contributed by atoms with Crippen LogP contribution < -0.4 is 0 Å². The van der Waals surface area contributed by atoms with Gasteiger partial charge in [0.25, 0.3) is 5.69 Å². The van der Waals surface area contributed by atoms with Gasteiger partial charge in [0, 0.05) is 18.1 Å². The summed E-state index contributed by atoms with van der Waals surface area (Å²) in [5.41, 5.74) is 1.18. The highest BCUT2D eigenvalue weighted by molar-refractivity contribution is 5.61. The molecule has 0 amide bonds. The average Bonchev–Trinajstić information content (AvgIpc) is 2.08. The van der Waals surface area contributed by atoms with Gasteiger partial charge >= 0.3 is 0 Å². The van der Waals surface area contributed by atoms with E-state index in [-0.39, 0.29) is 12.1 Å². The molecule has 1 rings (SSSR count). The normalized spacial score (nSPS) is 9.62. The summed E-state index contributed by atoms with van der Waals surface area (Å²) in [6.07, 6.45) is 1.64. The van der Waals surface area contributed by atoms with Crippen LogP contribution >= 0.6 is 0 Å². The highest BCUT2D eigenvalue weighted by atomic mass is 16.6. The molecule has 13 heavy (non-hydrogen) atoms. The Morgan fingerprint density at radius 2 is 2.23 bits per heavy atom. The van der Waals surface area contributed by atoms with Crippen molar-refractivity contribution in [2.24, 2.45) is 0 Å². The molecule has 0 aliphatic heterocycles. The van der Waals surface area contributed by atoms with Crippen molar-refractivity contribution in [3.63, 3.8) is 0 Å². The summed E-state index contributed by atoms with van der Waals surface area (Å²) in [7, 11) is 0. The number of aryl methyl sites for hydroxylation is 1. The summed E-state index contributed by atoms with van der Waals surface area (Å²) in [5.74, 6) is 0. The Bertz CT molecular complexity index is 347. The van der Waals surface area contributed by atoms with Crippen molar-refractivity contribution in [1.82, 2.24) is 0 Å². The van der Waals surface area contributed by atoms with Gasteiger partial charge in [-0.15, -0.1) is 0 Å². The van der Waals surface area contributed by atoms with Crippen molar-refractivity contribution >= 4 is 12.0 Å². The largest absolute Gasteiger partial charge is 0.291 e. The fourth-order valence-electron chi connectivity index (χ4n) is 1.16. The van der Waals surface area contributed by atoms with Crippen LogP contribution in [0, 0.1) is 17.0 Å². The molecule has 0 aliphatic rings. The molecule has 0 heterocycles. The van der Waals surface area contributed by atoms with Crippen LogP contribution in [-0.2, 0) is 11.2 Å². The van der Waals surface area contributed by atoms with Crippen LogP contribution in [0.3, 0.4) is 0 Å². The van der Waals surface area contributed by atoms with E-state index in [1.807, 2.05) is 0 Å². The van der Waals surface area contributed by atoms with E-state index in [1.54, 1.807) is 25.3 Å². The zero-order chi connectivity index (χ0) is 9.84. The zero-order valence-corrected chi connectivity index (χ0v) is 7.11. The predicted molar refractivity (Wildman–Crippen MR) is 47.2 cm³/mol. The first-order chi connectivity index (χ1) is 6.16. The van der Waals surface area contributed by atoms with Gasteiger partial charge in [-0.2, -0.15) is 0 Å². The minimum absolute atomic E-state index is 0.0108. The molecule has 0 aromatic heterocycles. The molecule has 0 unspecified atom stereocenters. The van der Waals surface area contributed by atoms with Crippen molar-refractivity contribution in [2.45, 2.75) is 13.3 Å². The SMILES string of the molecule is Cc1cccc([N+](=O)[O-])c1C[C]=O. The molecule has 0 atom stereocenters. The van der Waals surface area contributed by atoms with Gasteiger partial charge in [-0.05, 0) is 12.5 Å². The highest BCUT2D eigenvalue weighted by Crippen LogP contribution is 2.21. The van der Waals surface area contributed by atoms with Crippen LogP contribution in [-0.4, -0.2) is 11.2 Å². The molecule has 1 radical (unpaired) electrons. The average molecular weight is 178 g/mol. The lowest BCUT2D eigenvalue weighted by Gasteiger charge is -2.01. The summed E-state index contributed by atoms with van der Waals surface area (Å²) in [5, 5.41) is 10.5. The summed E-state index contributed by atoms with van der Waals surface area (Å²) in [6.45, 7) is 1.74. The molecule has 4 heteroatoms. The number of nitro groups is 1. The molecule has 1 aromatic rings. The number of nitro benzene ring substituents is 1. The molecule has 4 nitrogen and oxygen atoms in total. The van der Waals surface area contributed by atoms with Crippen LogP contribution in [0.15, 0.2) is 18.2 Å². The Balaban J connectivity index is 3.24. The Morgan fingerprint density at radius 1 is 1.54 bits per heavy atom. The quantitative estimate of drug-likeness (QED) is 0.521. The third kappa shape index (κ3) is 1.90. The Kier molecular flexibility index (Phi) is 2.74. The third-order valence-electron chi connectivity index (χ3n) is 1.83. The Hall–Kier alpha value is -1.71. The molecule has 0 aliphatic carbocycles. The standard InChI is InChI=1S/C9H8NO3/c1-7-3-2-4-9(10(12)13)8(7)5-6-11/h2-4H,5H2,1H3. The molecule has 67 valence electrons. The fraction of sp³-hybridized carbons (Fsp3) is 0.222. The van der Waals surface area contributed by atoms with Gasteiger partial charge in [0.15, 0.2) is 0 Å². The number of nitrogens with zero attached hydrogens (tertiary/aromatic N) is 1. The second kappa shape index (κ2) is 3.80. The van der Waals surface area contributed by atoms with Crippen LogP contribution in [0.2, 0.25) is 0 Å². The van der Waals surface area contributed by atoms with E-state index in [1.165, 1.54) is 6.07 Å². The van der Waals surface area contributed by atoms with Gasteiger partial charge < -0.3 is 0 Å². The van der Waals surface area contributed by atoms with Crippen molar-refractivity contribution < 1.29 is 9.72 Å². The minimum Gasteiger partial charge on any atom is -0.291 e. The predicted octanol–water partition coefficient (Wildman–Crippen LogP) is 1.56. The van der Waals surface area contributed by atoms with Crippen LogP contribution in [0.5, 0.6) is 0 Å². The zero-order valence-electron chi connectivity index (χ0n) is 7.11. The highest BCUT2D eigenvalue weighted by Gasteiger charge is 2.14. The van der Waals surface area contributed by atoms with Crippen molar-refractivity contribution in [2.75, 3.05) is 0 Å². The van der Waals surface area contributed by atoms with Gasteiger partial charge in [0.2, 0.25) is 6.29 Å². The summed E-state index contributed by atoms with van der Waals surface area (Å²) < 4.78 is 0. The lowest BCUT2D eigenvalue weighted by Crippen LogP contribution is -1.98.